The third-order valence-corrected chi connectivity index (χ3v) is 5.79. The highest BCUT2D eigenvalue weighted by Crippen LogP contribution is 2.49. The lowest BCUT2D eigenvalue weighted by Crippen LogP contribution is -2.55. The average Bonchev–Trinajstić information content (AvgIpc) is 3.49. The minimum absolute atomic E-state index is 0.116. The molecule has 2 heterocycles. The van der Waals surface area contributed by atoms with Gasteiger partial charge in [-0.2, -0.15) is 0 Å². The number of ether oxygens (including phenoxy) is 1. The highest BCUT2D eigenvalue weighted by molar-refractivity contribution is 6.17. The second-order valence-corrected chi connectivity index (χ2v) is 7.22. The van der Waals surface area contributed by atoms with Gasteiger partial charge < -0.3 is 10.1 Å². The van der Waals surface area contributed by atoms with Crippen LogP contribution in [-0.2, 0) is 10.2 Å². The predicted octanol–water partition coefficient (Wildman–Crippen LogP) is 3.28. The maximum absolute atomic E-state index is 14.7. The normalized spacial score (nSPS) is 25.5. The van der Waals surface area contributed by atoms with Gasteiger partial charge in [0.05, 0.1) is 6.61 Å². The van der Waals surface area contributed by atoms with Crippen LogP contribution in [0.1, 0.15) is 47.4 Å². The van der Waals surface area contributed by atoms with Crippen LogP contribution in [0.3, 0.4) is 0 Å². The Morgan fingerprint density at radius 3 is 2.81 bits per heavy atom. The number of halogens is 1. The van der Waals surface area contributed by atoms with Crippen LogP contribution in [0.5, 0.6) is 5.75 Å². The molecule has 1 N–H and O–H groups in total. The monoisotopic (exact) mass is 350 g/mol. The fourth-order valence-corrected chi connectivity index (χ4v) is 4.34. The number of benzene rings is 2. The van der Waals surface area contributed by atoms with E-state index in [-0.39, 0.29) is 17.6 Å². The Morgan fingerprint density at radius 2 is 2.04 bits per heavy atom. The maximum Gasteiger partial charge on any atom is 0.240 e. The first kappa shape index (κ1) is 15.6. The molecule has 0 bridgehead atoms. The van der Waals surface area contributed by atoms with E-state index in [9.17, 15) is 9.18 Å². The number of rotatable bonds is 1. The van der Waals surface area contributed by atoms with Crippen LogP contribution in [0.2, 0.25) is 0 Å². The van der Waals surface area contributed by atoms with Crippen molar-refractivity contribution in [3.63, 3.8) is 0 Å². The van der Waals surface area contributed by atoms with Crippen LogP contribution in [0, 0.1) is 5.82 Å². The van der Waals surface area contributed by atoms with Gasteiger partial charge in [0.15, 0.2) is 0 Å². The number of nitrogens with zero attached hydrogens (tertiary/aromatic N) is 1. The Balaban J connectivity index is 1.84. The van der Waals surface area contributed by atoms with E-state index in [1.807, 2.05) is 30.3 Å². The van der Waals surface area contributed by atoms with Crippen molar-refractivity contribution in [2.45, 2.75) is 30.6 Å². The molecule has 4 nitrogen and oxygen atoms in total. The second-order valence-electron chi connectivity index (χ2n) is 7.22. The number of carbonyl (C=O) groups is 1. The molecule has 1 spiro atoms. The van der Waals surface area contributed by atoms with Crippen LogP contribution >= 0.6 is 0 Å². The summed E-state index contributed by atoms with van der Waals surface area (Å²) in [6.45, 7) is 0.443. The van der Waals surface area contributed by atoms with Gasteiger partial charge in [0.25, 0.3) is 0 Å². The lowest BCUT2D eigenvalue weighted by Gasteiger charge is -2.42. The van der Waals surface area contributed by atoms with Crippen molar-refractivity contribution in [1.82, 2.24) is 5.32 Å². The van der Waals surface area contributed by atoms with Crippen molar-refractivity contribution in [1.29, 1.82) is 0 Å². The van der Waals surface area contributed by atoms with E-state index < -0.39 is 5.41 Å². The summed E-state index contributed by atoms with van der Waals surface area (Å²) in [6.07, 6.45) is 2.53. The van der Waals surface area contributed by atoms with Gasteiger partial charge >= 0.3 is 0 Å². The minimum atomic E-state index is -0.865. The molecular formula is C21H19FN2O2. The van der Waals surface area contributed by atoms with Crippen molar-refractivity contribution in [2.24, 2.45) is 4.99 Å². The smallest absolute Gasteiger partial charge is 0.240 e. The molecule has 5 rings (SSSR count). The quantitative estimate of drug-likeness (QED) is 0.858. The van der Waals surface area contributed by atoms with Crippen molar-refractivity contribution in [3.05, 3.63) is 64.5 Å². The first-order chi connectivity index (χ1) is 12.6. The fourth-order valence-electron chi connectivity index (χ4n) is 4.34. The van der Waals surface area contributed by atoms with Crippen molar-refractivity contribution in [2.75, 3.05) is 13.7 Å². The van der Waals surface area contributed by atoms with E-state index >= 15 is 0 Å². The van der Waals surface area contributed by atoms with Gasteiger partial charge in [-0.25, -0.2) is 4.39 Å². The molecule has 1 aliphatic carbocycles. The number of nitrogens with one attached hydrogen (secondary N) is 1. The molecule has 2 aromatic carbocycles. The zero-order chi connectivity index (χ0) is 17.9. The summed E-state index contributed by atoms with van der Waals surface area (Å²) in [5.41, 5.74) is 2.22. The maximum atomic E-state index is 14.7. The van der Waals surface area contributed by atoms with Crippen molar-refractivity contribution < 1.29 is 13.9 Å². The molecule has 132 valence electrons. The Kier molecular flexibility index (Phi) is 3.23. The molecule has 26 heavy (non-hydrogen) atoms. The summed E-state index contributed by atoms with van der Waals surface area (Å²) >= 11 is 0. The zero-order valence-corrected chi connectivity index (χ0v) is 14.5. The van der Waals surface area contributed by atoms with Crippen LogP contribution in [0.4, 0.5) is 4.39 Å². The van der Waals surface area contributed by atoms with E-state index in [2.05, 4.69) is 10.3 Å². The summed E-state index contributed by atoms with van der Waals surface area (Å²) in [4.78, 5) is 17.5. The minimum Gasteiger partial charge on any atom is -0.493 e. The lowest BCUT2D eigenvalue weighted by atomic mass is 9.66. The molecule has 0 unspecified atom stereocenters. The van der Waals surface area contributed by atoms with E-state index in [0.29, 0.717) is 30.2 Å². The van der Waals surface area contributed by atoms with Crippen LogP contribution in [-0.4, -0.2) is 25.4 Å². The molecule has 5 heteroatoms. The molecule has 1 amide bonds. The molecule has 3 aliphatic rings. The summed E-state index contributed by atoms with van der Waals surface area (Å²) in [7, 11) is 1.61. The van der Waals surface area contributed by atoms with Gasteiger partial charge in [0.1, 0.15) is 22.8 Å². The average molecular weight is 350 g/mol. The largest absolute Gasteiger partial charge is 0.493 e. The van der Waals surface area contributed by atoms with E-state index in [1.165, 1.54) is 0 Å². The summed E-state index contributed by atoms with van der Waals surface area (Å²) in [6, 6.07) is 11.1. The standard InChI is InChI=1S/C21H19FN2O2/c1-23-19-14-11-17(22)13(12-6-7-12)10-16(14)21(20(25)24-19)8-9-26-18-5-3-2-4-15(18)21/h2-5,10-12H,6-9H2,1H3,(H,23,24,25)/t21-/m1/s1. The molecular weight excluding hydrogens is 331 g/mol. The van der Waals surface area contributed by atoms with Gasteiger partial charge in [-0.1, -0.05) is 24.3 Å². The molecule has 0 radical (unpaired) electrons. The topological polar surface area (TPSA) is 50.7 Å². The van der Waals surface area contributed by atoms with E-state index in [0.717, 1.165) is 29.5 Å². The van der Waals surface area contributed by atoms with Crippen molar-refractivity contribution in [3.8, 4) is 5.75 Å². The number of hydrogen-bond donors (Lipinski definition) is 1. The lowest BCUT2D eigenvalue weighted by molar-refractivity contribution is -0.125. The number of carbonyl (C=O) groups excluding carboxylic acids is 1. The SMILES string of the molecule is CN=C1NC(=O)[C@@]2(CCOc3ccccc32)c2cc(C3CC3)c(F)cc21. The van der Waals surface area contributed by atoms with Crippen LogP contribution < -0.4 is 10.1 Å². The molecule has 2 aromatic rings. The van der Waals surface area contributed by atoms with Crippen LogP contribution in [0.25, 0.3) is 0 Å². The van der Waals surface area contributed by atoms with Crippen LogP contribution in [0.15, 0.2) is 41.4 Å². The molecule has 0 saturated heterocycles. The first-order valence-corrected chi connectivity index (χ1v) is 9.00. The van der Waals surface area contributed by atoms with Gasteiger partial charge in [-0.15, -0.1) is 0 Å². The summed E-state index contributed by atoms with van der Waals surface area (Å²) < 4.78 is 20.5. The first-order valence-electron chi connectivity index (χ1n) is 9.00. The highest BCUT2D eigenvalue weighted by Gasteiger charge is 2.51. The van der Waals surface area contributed by atoms with E-state index in [4.69, 9.17) is 4.74 Å². The molecule has 1 fully saturated rings. The Bertz CT molecular complexity index is 964. The Morgan fingerprint density at radius 1 is 1.23 bits per heavy atom. The third kappa shape index (κ3) is 2.00. The number of fused-ring (bicyclic) bond motifs is 4. The fraction of sp³-hybridized carbons (Fsp3) is 0.333. The molecule has 1 saturated carbocycles. The van der Waals surface area contributed by atoms with Gasteiger partial charge in [0, 0.05) is 24.6 Å². The zero-order valence-electron chi connectivity index (χ0n) is 14.5. The molecule has 0 aromatic heterocycles. The predicted molar refractivity (Wildman–Crippen MR) is 96.3 cm³/mol. The second kappa shape index (κ2) is 5.40. The van der Waals surface area contributed by atoms with Crippen molar-refractivity contribution >= 4 is 11.7 Å². The molecule has 1 atom stereocenters. The number of amidine groups is 1. The van der Waals surface area contributed by atoms with Gasteiger partial charge in [0.2, 0.25) is 5.91 Å². The summed E-state index contributed by atoms with van der Waals surface area (Å²) in [5, 5.41) is 2.90. The van der Waals surface area contributed by atoms with Gasteiger partial charge in [-0.3, -0.25) is 9.79 Å². The number of hydrogen-bond acceptors (Lipinski definition) is 3. The molecule has 2 aliphatic heterocycles. The Labute approximate surface area is 151 Å². The van der Waals surface area contributed by atoms with Gasteiger partial charge in [-0.05, 0) is 42.0 Å². The van der Waals surface area contributed by atoms with E-state index in [1.54, 1.807) is 13.1 Å². The number of amides is 1. The number of aliphatic imine (C=N–C) groups is 1. The Hall–Kier alpha value is -2.69. The summed E-state index contributed by atoms with van der Waals surface area (Å²) in [5.74, 6) is 1.09. The third-order valence-electron chi connectivity index (χ3n) is 5.79. The number of para-hydroxylation sites is 1. The highest BCUT2D eigenvalue weighted by atomic mass is 19.1.